The molecule has 0 fully saturated rings. The first-order valence-corrected chi connectivity index (χ1v) is 11.7. The summed E-state index contributed by atoms with van der Waals surface area (Å²) in [5.74, 6) is 0.759. The molecular formula is C27H29NO4S. The van der Waals surface area contributed by atoms with Crippen molar-refractivity contribution in [3.05, 3.63) is 89.8 Å². The first kappa shape index (κ1) is 24.4. The number of benzene rings is 2. The van der Waals surface area contributed by atoms with E-state index < -0.39 is 5.60 Å². The Morgan fingerprint density at radius 3 is 2.33 bits per heavy atom. The van der Waals surface area contributed by atoms with Gasteiger partial charge < -0.3 is 14.0 Å². The highest BCUT2D eigenvalue weighted by molar-refractivity contribution is 8.00. The number of aromatic nitrogens is 1. The van der Waals surface area contributed by atoms with Crippen LogP contribution in [0.5, 0.6) is 5.75 Å². The summed E-state index contributed by atoms with van der Waals surface area (Å²) >= 11 is 1.46. The summed E-state index contributed by atoms with van der Waals surface area (Å²) < 4.78 is 12.4. The van der Waals surface area contributed by atoms with E-state index in [4.69, 9.17) is 9.47 Å². The number of allylic oxidation sites excluding steroid dienone is 1. The van der Waals surface area contributed by atoms with Crippen molar-refractivity contribution in [2.75, 3.05) is 12.9 Å². The molecule has 0 amide bonds. The molecule has 172 valence electrons. The van der Waals surface area contributed by atoms with E-state index in [9.17, 15) is 9.59 Å². The number of hydrogen-bond donors (Lipinski definition) is 0. The third-order valence-electron chi connectivity index (χ3n) is 4.68. The number of rotatable bonds is 9. The van der Waals surface area contributed by atoms with Crippen LogP contribution < -0.4 is 4.74 Å². The van der Waals surface area contributed by atoms with Gasteiger partial charge in [-0.1, -0.05) is 24.3 Å². The highest BCUT2D eigenvalue weighted by Gasteiger charge is 2.16. The average Bonchev–Trinajstić information content (AvgIpc) is 3.25. The fourth-order valence-corrected chi connectivity index (χ4v) is 3.83. The third-order valence-corrected chi connectivity index (χ3v) is 5.67. The molecule has 0 saturated heterocycles. The van der Waals surface area contributed by atoms with Gasteiger partial charge in [0, 0.05) is 23.2 Å². The molecule has 3 rings (SSSR count). The molecule has 0 atom stereocenters. The molecule has 0 bridgehead atoms. The molecule has 0 unspecified atom stereocenters. The molecule has 0 radical (unpaired) electrons. The normalized spacial score (nSPS) is 11.5. The number of ether oxygens (including phenoxy) is 2. The van der Waals surface area contributed by atoms with Gasteiger partial charge in [0.05, 0.1) is 18.6 Å². The van der Waals surface area contributed by atoms with Crippen molar-refractivity contribution >= 4 is 29.6 Å². The molecule has 0 aliphatic carbocycles. The molecular weight excluding hydrogens is 434 g/mol. The maximum absolute atomic E-state index is 12.9. The van der Waals surface area contributed by atoms with Crippen molar-refractivity contribution < 1.29 is 19.1 Å². The van der Waals surface area contributed by atoms with Gasteiger partial charge >= 0.3 is 5.97 Å². The number of methoxy groups -OCH3 is 1. The van der Waals surface area contributed by atoms with Gasteiger partial charge in [-0.25, -0.2) is 0 Å². The Morgan fingerprint density at radius 1 is 1.00 bits per heavy atom. The summed E-state index contributed by atoms with van der Waals surface area (Å²) in [6.07, 6.45) is 5.94. The standard InChI is InChI=1S/C27H29NO4S/c1-27(2,3)32-25(29)19-33-23-15-9-20(10-16-23)7-5-17-28-18-6-8-24(28)26(30)21-11-13-22(31-4)14-12-21/h5-16,18H,17,19H2,1-4H3. The minimum absolute atomic E-state index is 0.0255. The number of nitrogens with zero attached hydrogens (tertiary/aromatic N) is 1. The highest BCUT2D eigenvalue weighted by atomic mass is 32.2. The summed E-state index contributed by atoms with van der Waals surface area (Å²) in [4.78, 5) is 25.7. The number of hydrogen-bond acceptors (Lipinski definition) is 5. The van der Waals surface area contributed by atoms with Gasteiger partial charge in [0.1, 0.15) is 11.4 Å². The molecule has 0 aliphatic heterocycles. The van der Waals surface area contributed by atoms with E-state index in [2.05, 4.69) is 0 Å². The largest absolute Gasteiger partial charge is 0.497 e. The van der Waals surface area contributed by atoms with Gasteiger partial charge in [-0.05, 0) is 74.9 Å². The topological polar surface area (TPSA) is 57.5 Å². The first-order chi connectivity index (χ1) is 15.7. The van der Waals surface area contributed by atoms with Crippen LogP contribution in [0.25, 0.3) is 6.08 Å². The van der Waals surface area contributed by atoms with Crippen LogP contribution in [0.15, 0.2) is 77.8 Å². The summed E-state index contributed by atoms with van der Waals surface area (Å²) in [5, 5.41) is 0. The molecule has 0 spiro atoms. The SMILES string of the molecule is COc1ccc(C(=O)c2cccn2CC=Cc2ccc(SCC(=O)OC(C)(C)C)cc2)cc1. The second-order valence-electron chi connectivity index (χ2n) is 8.45. The average molecular weight is 464 g/mol. The van der Waals surface area contributed by atoms with E-state index in [1.165, 1.54) is 11.8 Å². The maximum Gasteiger partial charge on any atom is 0.316 e. The van der Waals surface area contributed by atoms with E-state index >= 15 is 0 Å². The molecule has 0 saturated carbocycles. The molecule has 0 aliphatic rings. The minimum Gasteiger partial charge on any atom is -0.497 e. The van der Waals surface area contributed by atoms with E-state index in [0.29, 0.717) is 17.8 Å². The quantitative estimate of drug-likeness (QED) is 0.225. The molecule has 3 aromatic rings. The number of thioether (sulfide) groups is 1. The Balaban J connectivity index is 1.56. The third kappa shape index (κ3) is 7.39. The molecule has 33 heavy (non-hydrogen) atoms. The monoisotopic (exact) mass is 463 g/mol. The molecule has 1 heterocycles. The van der Waals surface area contributed by atoms with Gasteiger partial charge in [-0.2, -0.15) is 0 Å². The lowest BCUT2D eigenvalue weighted by molar-refractivity contribution is -0.151. The minimum atomic E-state index is -0.467. The molecule has 2 aromatic carbocycles. The summed E-state index contributed by atoms with van der Waals surface area (Å²) in [6, 6.07) is 18.8. The van der Waals surface area contributed by atoms with Crippen LogP contribution in [0.3, 0.4) is 0 Å². The molecule has 6 heteroatoms. The lowest BCUT2D eigenvalue weighted by Gasteiger charge is -2.19. The maximum atomic E-state index is 12.9. The van der Waals surface area contributed by atoms with Crippen LogP contribution in [-0.4, -0.2) is 34.8 Å². The van der Waals surface area contributed by atoms with Gasteiger partial charge in [0.15, 0.2) is 0 Å². The first-order valence-electron chi connectivity index (χ1n) is 10.7. The van der Waals surface area contributed by atoms with E-state index in [-0.39, 0.29) is 17.5 Å². The predicted molar refractivity (Wildman–Crippen MR) is 133 cm³/mol. The number of ketones is 1. The van der Waals surface area contributed by atoms with Crippen LogP contribution in [0.4, 0.5) is 0 Å². The van der Waals surface area contributed by atoms with Gasteiger partial charge in [-0.3, -0.25) is 9.59 Å². The smallest absolute Gasteiger partial charge is 0.316 e. The van der Waals surface area contributed by atoms with Crippen molar-refractivity contribution in [3.63, 3.8) is 0 Å². The fraction of sp³-hybridized carbons (Fsp3) is 0.259. The van der Waals surface area contributed by atoms with Crippen LogP contribution in [0.1, 0.15) is 42.4 Å². The Hall–Kier alpha value is -3.25. The zero-order valence-corrected chi connectivity index (χ0v) is 20.2. The number of carbonyl (C=O) groups is 2. The summed E-state index contributed by atoms with van der Waals surface area (Å²) in [7, 11) is 1.60. The van der Waals surface area contributed by atoms with E-state index in [1.54, 1.807) is 31.4 Å². The van der Waals surface area contributed by atoms with Crippen molar-refractivity contribution in [2.24, 2.45) is 0 Å². The summed E-state index contributed by atoms with van der Waals surface area (Å²) in [5.41, 5.74) is 1.84. The number of carbonyl (C=O) groups excluding carboxylic acids is 2. The van der Waals surface area contributed by atoms with Crippen LogP contribution in [0.2, 0.25) is 0 Å². The Bertz CT molecular complexity index is 1110. The zero-order chi connectivity index (χ0) is 23.8. The Labute approximate surface area is 199 Å². The van der Waals surface area contributed by atoms with Crippen molar-refractivity contribution in [2.45, 2.75) is 37.8 Å². The van der Waals surface area contributed by atoms with Crippen molar-refractivity contribution in [3.8, 4) is 5.75 Å². The molecule has 0 N–H and O–H groups in total. The van der Waals surface area contributed by atoms with Gasteiger partial charge in [-0.15, -0.1) is 11.8 Å². The summed E-state index contributed by atoms with van der Waals surface area (Å²) in [6.45, 7) is 6.17. The molecule has 5 nitrogen and oxygen atoms in total. The molecule has 1 aromatic heterocycles. The fourth-order valence-electron chi connectivity index (χ4n) is 3.16. The second kappa shape index (κ2) is 11.1. The lowest BCUT2D eigenvalue weighted by atomic mass is 10.1. The Kier molecular flexibility index (Phi) is 8.17. The highest BCUT2D eigenvalue weighted by Crippen LogP contribution is 2.21. The van der Waals surface area contributed by atoms with Crippen molar-refractivity contribution in [1.82, 2.24) is 4.57 Å². The lowest BCUT2D eigenvalue weighted by Crippen LogP contribution is -2.24. The zero-order valence-electron chi connectivity index (χ0n) is 19.4. The van der Waals surface area contributed by atoms with Gasteiger partial charge in [0.2, 0.25) is 5.78 Å². The van der Waals surface area contributed by atoms with Crippen LogP contribution >= 0.6 is 11.8 Å². The number of esters is 1. The van der Waals surface area contributed by atoms with Crippen LogP contribution in [0, 0.1) is 0 Å². The van der Waals surface area contributed by atoms with E-state index in [0.717, 1.165) is 16.2 Å². The predicted octanol–water partition coefficient (Wildman–Crippen LogP) is 5.87. The van der Waals surface area contributed by atoms with Crippen LogP contribution in [-0.2, 0) is 16.1 Å². The van der Waals surface area contributed by atoms with Gasteiger partial charge in [0.25, 0.3) is 0 Å². The van der Waals surface area contributed by atoms with Crippen molar-refractivity contribution in [1.29, 1.82) is 0 Å². The Morgan fingerprint density at radius 2 is 1.70 bits per heavy atom. The second-order valence-corrected chi connectivity index (χ2v) is 9.50. The van der Waals surface area contributed by atoms with E-state index in [1.807, 2.05) is 80.1 Å².